The average molecular weight is 346 g/mol. The molecule has 3 aromatic rings. The summed E-state index contributed by atoms with van der Waals surface area (Å²) in [5, 5.41) is 6.04. The Balaban J connectivity index is 1.61. The van der Waals surface area contributed by atoms with E-state index in [2.05, 4.69) is 5.10 Å². The monoisotopic (exact) mass is 346 g/mol. The molecular formula is C17H15FN2O3S. The van der Waals surface area contributed by atoms with Crippen molar-refractivity contribution in [2.24, 2.45) is 0 Å². The average Bonchev–Trinajstić information content (AvgIpc) is 3.23. The fourth-order valence-electron chi connectivity index (χ4n) is 2.18. The Morgan fingerprint density at radius 2 is 2.08 bits per heavy atom. The number of rotatable bonds is 6. The summed E-state index contributed by atoms with van der Waals surface area (Å²) in [7, 11) is 1.35. The number of carbonyl (C=O) groups is 1. The number of hydrogen-bond donors (Lipinski definition) is 0. The minimum Gasteiger partial charge on any atom is -0.485 e. The Kier molecular flexibility index (Phi) is 4.90. The van der Waals surface area contributed by atoms with Crippen molar-refractivity contribution in [1.82, 2.24) is 9.78 Å². The van der Waals surface area contributed by atoms with E-state index in [0.29, 0.717) is 17.9 Å². The second-order valence-electron chi connectivity index (χ2n) is 5.04. The van der Waals surface area contributed by atoms with Gasteiger partial charge in [-0.3, -0.25) is 4.68 Å². The van der Waals surface area contributed by atoms with Crippen LogP contribution in [0.5, 0.6) is 5.75 Å². The zero-order valence-corrected chi connectivity index (χ0v) is 13.8. The van der Waals surface area contributed by atoms with E-state index in [0.717, 1.165) is 10.4 Å². The third kappa shape index (κ3) is 3.80. The Hall–Kier alpha value is -2.67. The summed E-state index contributed by atoms with van der Waals surface area (Å²) in [6.07, 6.45) is 3.36. The van der Waals surface area contributed by atoms with Crippen LogP contribution in [0.3, 0.4) is 0 Å². The number of aromatic nitrogens is 2. The van der Waals surface area contributed by atoms with E-state index in [9.17, 15) is 9.18 Å². The van der Waals surface area contributed by atoms with Gasteiger partial charge in [0.25, 0.3) is 0 Å². The van der Waals surface area contributed by atoms with Crippen LogP contribution in [-0.2, 0) is 17.9 Å². The molecule has 0 aliphatic rings. The molecule has 0 radical (unpaired) electrons. The van der Waals surface area contributed by atoms with E-state index in [1.165, 1.54) is 30.6 Å². The lowest BCUT2D eigenvalue weighted by atomic mass is 10.2. The molecular weight excluding hydrogens is 331 g/mol. The fraction of sp³-hybridized carbons (Fsp3) is 0.176. The van der Waals surface area contributed by atoms with Gasteiger partial charge in [-0.1, -0.05) is 12.1 Å². The highest BCUT2D eigenvalue weighted by Gasteiger charge is 2.13. The lowest BCUT2D eigenvalue weighted by molar-refractivity contribution is 0.0598. The number of halogens is 1. The highest BCUT2D eigenvalue weighted by Crippen LogP contribution is 2.20. The molecule has 0 saturated heterocycles. The summed E-state index contributed by atoms with van der Waals surface area (Å²) in [5.41, 5.74) is 1.46. The normalized spacial score (nSPS) is 10.6. The van der Waals surface area contributed by atoms with Crippen LogP contribution in [-0.4, -0.2) is 22.9 Å². The molecule has 5 nitrogen and oxygen atoms in total. The van der Waals surface area contributed by atoms with Crippen LogP contribution in [0, 0.1) is 5.82 Å². The van der Waals surface area contributed by atoms with Crippen molar-refractivity contribution in [3.8, 4) is 5.75 Å². The maximum Gasteiger partial charge on any atom is 0.339 e. The van der Waals surface area contributed by atoms with Crippen molar-refractivity contribution in [1.29, 1.82) is 0 Å². The number of ether oxygens (including phenoxy) is 2. The van der Waals surface area contributed by atoms with Gasteiger partial charge in [-0.15, -0.1) is 11.3 Å². The highest BCUT2D eigenvalue weighted by molar-refractivity contribution is 7.10. The van der Waals surface area contributed by atoms with E-state index in [-0.39, 0.29) is 18.4 Å². The van der Waals surface area contributed by atoms with Crippen LogP contribution in [0.1, 0.15) is 20.8 Å². The topological polar surface area (TPSA) is 53.4 Å². The van der Waals surface area contributed by atoms with Crippen LogP contribution in [0.4, 0.5) is 4.39 Å². The Morgan fingerprint density at radius 3 is 2.83 bits per heavy atom. The largest absolute Gasteiger partial charge is 0.485 e. The second kappa shape index (κ2) is 7.27. The van der Waals surface area contributed by atoms with Crippen LogP contribution in [0.2, 0.25) is 0 Å². The predicted octanol–water partition coefficient (Wildman–Crippen LogP) is 3.50. The van der Waals surface area contributed by atoms with E-state index < -0.39 is 0 Å². The Labute approximate surface area is 142 Å². The molecule has 0 N–H and O–H groups in total. The number of esters is 1. The summed E-state index contributed by atoms with van der Waals surface area (Å²) >= 11 is 1.43. The molecule has 0 fully saturated rings. The molecule has 24 heavy (non-hydrogen) atoms. The molecule has 0 aliphatic heterocycles. The van der Waals surface area contributed by atoms with Gasteiger partial charge in [0.1, 0.15) is 12.4 Å². The van der Waals surface area contributed by atoms with Crippen molar-refractivity contribution in [3.05, 3.63) is 69.9 Å². The molecule has 0 spiro atoms. The smallest absolute Gasteiger partial charge is 0.339 e. The summed E-state index contributed by atoms with van der Waals surface area (Å²) in [6.45, 7) is 0.792. The van der Waals surface area contributed by atoms with Crippen LogP contribution in [0.25, 0.3) is 0 Å². The summed E-state index contributed by atoms with van der Waals surface area (Å²) in [4.78, 5) is 12.4. The first-order valence-electron chi connectivity index (χ1n) is 7.20. The lowest BCUT2D eigenvalue weighted by Crippen LogP contribution is -2.04. The highest BCUT2D eigenvalue weighted by atomic mass is 32.1. The Bertz CT molecular complexity index is 826. The van der Waals surface area contributed by atoms with Crippen molar-refractivity contribution in [3.63, 3.8) is 0 Å². The Morgan fingerprint density at radius 1 is 1.29 bits per heavy atom. The summed E-state index contributed by atoms with van der Waals surface area (Å²) in [6, 6.07) is 7.98. The first kappa shape index (κ1) is 16.2. The van der Waals surface area contributed by atoms with Crippen molar-refractivity contribution in [2.45, 2.75) is 13.2 Å². The lowest BCUT2D eigenvalue weighted by Gasteiger charge is -2.04. The van der Waals surface area contributed by atoms with Crippen molar-refractivity contribution in [2.75, 3.05) is 7.11 Å². The zero-order valence-electron chi connectivity index (χ0n) is 12.9. The minimum absolute atomic E-state index is 0.263. The number of nitrogens with zero attached hydrogens (tertiary/aromatic N) is 2. The molecule has 0 bridgehead atoms. The van der Waals surface area contributed by atoms with Crippen LogP contribution < -0.4 is 4.74 Å². The van der Waals surface area contributed by atoms with Gasteiger partial charge in [0.2, 0.25) is 0 Å². The number of thiophene rings is 1. The van der Waals surface area contributed by atoms with E-state index in [1.807, 2.05) is 5.38 Å². The number of carbonyl (C=O) groups excluding carboxylic acids is 1. The number of hydrogen-bond acceptors (Lipinski definition) is 5. The fourth-order valence-corrected chi connectivity index (χ4v) is 2.95. The van der Waals surface area contributed by atoms with Gasteiger partial charge in [0, 0.05) is 0 Å². The molecule has 0 aliphatic carbocycles. The quantitative estimate of drug-likeness (QED) is 0.641. The number of benzene rings is 1. The molecule has 0 amide bonds. The third-order valence-corrected chi connectivity index (χ3v) is 4.28. The van der Waals surface area contributed by atoms with Gasteiger partial charge in [-0.25, -0.2) is 9.18 Å². The maximum atomic E-state index is 12.9. The predicted molar refractivity (Wildman–Crippen MR) is 87.7 cm³/mol. The molecule has 0 saturated carbocycles. The molecule has 2 heterocycles. The van der Waals surface area contributed by atoms with Gasteiger partial charge in [0.15, 0.2) is 5.75 Å². The van der Waals surface area contributed by atoms with Gasteiger partial charge in [0.05, 0.1) is 36.5 Å². The van der Waals surface area contributed by atoms with Crippen molar-refractivity contribution < 1.29 is 18.7 Å². The molecule has 124 valence electrons. The summed E-state index contributed by atoms with van der Waals surface area (Å²) in [5.74, 6) is -0.0382. The molecule has 1 aromatic carbocycles. The van der Waals surface area contributed by atoms with Gasteiger partial charge in [-0.2, -0.15) is 5.10 Å². The van der Waals surface area contributed by atoms with E-state index >= 15 is 0 Å². The van der Waals surface area contributed by atoms with Gasteiger partial charge in [-0.05, 0) is 29.1 Å². The first-order chi connectivity index (χ1) is 11.7. The van der Waals surface area contributed by atoms with Gasteiger partial charge < -0.3 is 9.47 Å². The first-order valence-corrected chi connectivity index (χ1v) is 8.08. The zero-order chi connectivity index (χ0) is 16.9. The second-order valence-corrected chi connectivity index (χ2v) is 6.04. The molecule has 3 rings (SSSR count). The van der Waals surface area contributed by atoms with Gasteiger partial charge >= 0.3 is 5.97 Å². The molecule has 0 atom stereocenters. The number of methoxy groups -OCH3 is 1. The summed E-state index contributed by atoms with van der Waals surface area (Å²) < 4.78 is 25.0. The van der Waals surface area contributed by atoms with E-state index in [1.54, 1.807) is 35.3 Å². The standard InChI is InChI=1S/C17H15FN2O3S/c1-22-17(21)15-6-7-24-16(15)11-23-14-8-19-20(10-14)9-12-2-4-13(18)5-3-12/h2-8,10H,9,11H2,1H3. The minimum atomic E-state index is -0.373. The third-order valence-electron chi connectivity index (χ3n) is 3.39. The van der Waals surface area contributed by atoms with Crippen molar-refractivity contribution >= 4 is 17.3 Å². The molecule has 2 aromatic heterocycles. The molecule has 0 unspecified atom stereocenters. The SMILES string of the molecule is COC(=O)c1ccsc1COc1cnn(Cc2ccc(F)cc2)c1. The maximum absolute atomic E-state index is 12.9. The van der Waals surface area contributed by atoms with E-state index in [4.69, 9.17) is 9.47 Å². The molecule has 7 heteroatoms. The van der Waals surface area contributed by atoms with Crippen LogP contribution >= 0.6 is 11.3 Å². The van der Waals surface area contributed by atoms with Crippen LogP contribution in [0.15, 0.2) is 48.1 Å².